The van der Waals surface area contributed by atoms with Gasteiger partial charge in [0, 0.05) is 13.1 Å². The summed E-state index contributed by atoms with van der Waals surface area (Å²) in [4.78, 5) is 26.1. The van der Waals surface area contributed by atoms with Gasteiger partial charge in [0.05, 0.1) is 9.75 Å². The van der Waals surface area contributed by atoms with Crippen molar-refractivity contribution in [2.24, 2.45) is 5.73 Å². The summed E-state index contributed by atoms with van der Waals surface area (Å²) in [5, 5.41) is 2.86. The van der Waals surface area contributed by atoms with Crippen molar-refractivity contribution >= 4 is 23.2 Å². The highest BCUT2D eigenvalue weighted by atomic mass is 32.1. The Morgan fingerprint density at radius 3 is 2.48 bits per heavy atom. The van der Waals surface area contributed by atoms with E-state index in [9.17, 15) is 9.59 Å². The number of primary amides is 1. The van der Waals surface area contributed by atoms with Crippen LogP contribution in [0.4, 0.5) is 0 Å². The van der Waals surface area contributed by atoms with E-state index in [2.05, 4.69) is 29.4 Å². The number of carbonyl (C=O) groups is 2. The molecule has 2 aromatic rings. The van der Waals surface area contributed by atoms with Crippen LogP contribution in [0, 0.1) is 0 Å². The molecule has 1 aromatic carbocycles. The Labute approximate surface area is 140 Å². The highest BCUT2D eigenvalue weighted by Crippen LogP contribution is 2.15. The van der Waals surface area contributed by atoms with Crippen LogP contribution in [0.1, 0.15) is 31.3 Å². The zero-order chi connectivity index (χ0) is 16.7. The van der Waals surface area contributed by atoms with Crippen molar-refractivity contribution in [3.63, 3.8) is 0 Å². The molecule has 0 aliphatic heterocycles. The second-order valence-corrected chi connectivity index (χ2v) is 6.44. The number of carbonyl (C=O) groups excluding carboxylic acids is 2. The number of thiophene rings is 1. The maximum Gasteiger partial charge on any atom is 0.261 e. The molecule has 0 aliphatic carbocycles. The predicted molar refractivity (Wildman–Crippen MR) is 92.6 cm³/mol. The molecule has 0 atom stereocenters. The topological polar surface area (TPSA) is 75.4 Å². The summed E-state index contributed by atoms with van der Waals surface area (Å²) in [5.41, 5.74) is 6.45. The lowest BCUT2D eigenvalue weighted by Crippen LogP contribution is -2.27. The molecule has 1 aromatic heterocycles. The molecule has 0 spiro atoms. The van der Waals surface area contributed by atoms with Crippen LogP contribution in [0.2, 0.25) is 0 Å². The number of amides is 2. The molecule has 0 radical (unpaired) electrons. The number of hydrogen-bond donors (Lipinski definition) is 2. The Kier molecular flexibility index (Phi) is 6.31. The lowest BCUT2D eigenvalue weighted by atomic mass is 10.2. The van der Waals surface area contributed by atoms with E-state index in [0.717, 1.165) is 30.8 Å². The van der Waals surface area contributed by atoms with E-state index in [4.69, 9.17) is 5.73 Å². The summed E-state index contributed by atoms with van der Waals surface area (Å²) in [7, 11) is 2.06. The number of nitrogens with one attached hydrogen (secondary N) is 1. The average molecular weight is 331 g/mol. The summed E-state index contributed by atoms with van der Waals surface area (Å²) >= 11 is 1.12. The quantitative estimate of drug-likeness (QED) is 0.727. The van der Waals surface area contributed by atoms with Crippen LogP contribution in [-0.4, -0.2) is 36.9 Å². The van der Waals surface area contributed by atoms with Crippen molar-refractivity contribution in [3.05, 3.63) is 57.8 Å². The molecular weight excluding hydrogens is 310 g/mol. The fourth-order valence-electron chi connectivity index (χ4n) is 2.20. The van der Waals surface area contributed by atoms with Crippen molar-refractivity contribution in [3.8, 4) is 0 Å². The normalized spacial score (nSPS) is 10.7. The molecule has 0 aliphatic rings. The predicted octanol–water partition coefficient (Wildman–Crippen LogP) is 2.10. The van der Waals surface area contributed by atoms with Crippen LogP contribution in [0.15, 0.2) is 42.5 Å². The Bertz CT molecular complexity index is 655. The third-order valence-electron chi connectivity index (χ3n) is 3.37. The summed E-state index contributed by atoms with van der Waals surface area (Å²) in [6, 6.07) is 13.5. The third kappa shape index (κ3) is 5.50. The molecular formula is C17H21N3O2S. The SMILES string of the molecule is CN(CCCNC(=O)c1ccc(C(N)=O)s1)Cc1ccccc1. The van der Waals surface area contributed by atoms with Crippen LogP contribution in [0.5, 0.6) is 0 Å². The first-order valence-corrected chi connectivity index (χ1v) is 8.28. The fourth-order valence-corrected chi connectivity index (χ4v) is 2.98. The van der Waals surface area contributed by atoms with Crippen LogP contribution in [-0.2, 0) is 6.54 Å². The molecule has 122 valence electrons. The first-order chi connectivity index (χ1) is 11.1. The molecule has 0 fully saturated rings. The second-order valence-electron chi connectivity index (χ2n) is 5.36. The van der Waals surface area contributed by atoms with Gasteiger partial charge in [-0.3, -0.25) is 9.59 Å². The van der Waals surface area contributed by atoms with Gasteiger partial charge in [-0.25, -0.2) is 0 Å². The van der Waals surface area contributed by atoms with Crippen LogP contribution >= 0.6 is 11.3 Å². The fraction of sp³-hybridized carbons (Fsp3) is 0.294. The third-order valence-corrected chi connectivity index (χ3v) is 4.47. The van der Waals surface area contributed by atoms with E-state index in [1.807, 2.05) is 18.2 Å². The van der Waals surface area contributed by atoms with Crippen LogP contribution < -0.4 is 11.1 Å². The Morgan fingerprint density at radius 2 is 1.83 bits per heavy atom. The van der Waals surface area contributed by atoms with Gasteiger partial charge < -0.3 is 16.0 Å². The van der Waals surface area contributed by atoms with Crippen LogP contribution in [0.3, 0.4) is 0 Å². The lowest BCUT2D eigenvalue weighted by Gasteiger charge is -2.16. The highest BCUT2D eigenvalue weighted by Gasteiger charge is 2.11. The highest BCUT2D eigenvalue weighted by molar-refractivity contribution is 7.15. The van der Waals surface area contributed by atoms with Gasteiger partial charge in [-0.1, -0.05) is 30.3 Å². The van der Waals surface area contributed by atoms with Gasteiger partial charge in [0.25, 0.3) is 11.8 Å². The summed E-state index contributed by atoms with van der Waals surface area (Å²) in [6.45, 7) is 2.38. The number of nitrogens with zero attached hydrogens (tertiary/aromatic N) is 1. The maximum atomic E-state index is 11.9. The first-order valence-electron chi connectivity index (χ1n) is 7.46. The van der Waals surface area contributed by atoms with E-state index in [1.54, 1.807) is 12.1 Å². The summed E-state index contributed by atoms with van der Waals surface area (Å²) < 4.78 is 0. The molecule has 2 rings (SSSR count). The molecule has 0 saturated heterocycles. The summed E-state index contributed by atoms with van der Waals surface area (Å²) in [6.07, 6.45) is 0.864. The molecule has 5 nitrogen and oxygen atoms in total. The molecule has 23 heavy (non-hydrogen) atoms. The average Bonchev–Trinajstić information content (AvgIpc) is 3.02. The van der Waals surface area contributed by atoms with Gasteiger partial charge in [0.15, 0.2) is 0 Å². The van der Waals surface area contributed by atoms with Crippen molar-refractivity contribution in [2.75, 3.05) is 20.1 Å². The van der Waals surface area contributed by atoms with Crippen molar-refractivity contribution in [2.45, 2.75) is 13.0 Å². The van der Waals surface area contributed by atoms with Crippen molar-refractivity contribution in [1.29, 1.82) is 0 Å². The number of hydrogen-bond acceptors (Lipinski definition) is 4. The molecule has 3 N–H and O–H groups in total. The largest absolute Gasteiger partial charge is 0.365 e. The van der Waals surface area contributed by atoms with Gasteiger partial charge in [-0.05, 0) is 37.7 Å². The molecule has 1 heterocycles. The monoisotopic (exact) mass is 331 g/mol. The number of nitrogens with two attached hydrogens (primary N) is 1. The minimum atomic E-state index is -0.503. The summed E-state index contributed by atoms with van der Waals surface area (Å²) in [5.74, 6) is -0.662. The molecule has 2 amide bonds. The Morgan fingerprint density at radius 1 is 1.13 bits per heavy atom. The van der Waals surface area contributed by atoms with Gasteiger partial charge >= 0.3 is 0 Å². The van der Waals surface area contributed by atoms with Crippen molar-refractivity contribution in [1.82, 2.24) is 10.2 Å². The maximum absolute atomic E-state index is 11.9. The minimum absolute atomic E-state index is 0.159. The van der Waals surface area contributed by atoms with Crippen LogP contribution in [0.25, 0.3) is 0 Å². The van der Waals surface area contributed by atoms with E-state index in [1.165, 1.54) is 5.56 Å². The standard InChI is InChI=1S/C17H21N3O2S/c1-20(12-13-6-3-2-4-7-13)11-5-10-19-17(22)15-9-8-14(23-15)16(18)21/h2-4,6-9H,5,10-12H2,1H3,(H2,18,21)(H,19,22). The van der Waals surface area contributed by atoms with Gasteiger partial charge in [-0.2, -0.15) is 0 Å². The zero-order valence-corrected chi connectivity index (χ0v) is 13.9. The molecule has 6 heteroatoms. The zero-order valence-electron chi connectivity index (χ0n) is 13.1. The Hall–Kier alpha value is -2.18. The molecule has 0 bridgehead atoms. The Balaban J connectivity index is 1.68. The smallest absolute Gasteiger partial charge is 0.261 e. The number of rotatable bonds is 8. The van der Waals surface area contributed by atoms with E-state index in [0.29, 0.717) is 16.3 Å². The second kappa shape index (κ2) is 8.45. The van der Waals surface area contributed by atoms with Crippen molar-refractivity contribution < 1.29 is 9.59 Å². The number of benzene rings is 1. The van der Waals surface area contributed by atoms with Gasteiger partial charge in [0.2, 0.25) is 0 Å². The van der Waals surface area contributed by atoms with E-state index < -0.39 is 5.91 Å². The van der Waals surface area contributed by atoms with Gasteiger partial charge in [-0.15, -0.1) is 11.3 Å². The van der Waals surface area contributed by atoms with Gasteiger partial charge in [0.1, 0.15) is 0 Å². The molecule has 0 unspecified atom stereocenters. The lowest BCUT2D eigenvalue weighted by molar-refractivity contribution is 0.0955. The van der Waals surface area contributed by atoms with E-state index >= 15 is 0 Å². The molecule has 0 saturated carbocycles. The first kappa shape index (κ1) is 17.2. The van der Waals surface area contributed by atoms with E-state index in [-0.39, 0.29) is 5.91 Å². The minimum Gasteiger partial charge on any atom is -0.365 e.